The van der Waals surface area contributed by atoms with E-state index >= 15 is 0 Å². The molecule has 84 valence electrons. The highest BCUT2D eigenvalue weighted by molar-refractivity contribution is 4.72. The Bertz CT molecular complexity index is 122. The zero-order valence-corrected chi connectivity index (χ0v) is 9.81. The summed E-state index contributed by atoms with van der Waals surface area (Å²) in [6, 6.07) is 0. The van der Waals surface area contributed by atoms with E-state index in [-0.39, 0.29) is 0 Å². The minimum Gasteiger partial charge on any atom is -0.316 e. The van der Waals surface area contributed by atoms with E-state index in [9.17, 15) is 0 Å². The summed E-state index contributed by atoms with van der Waals surface area (Å²) in [6.07, 6.45) is 5.36. The SMILES string of the molecule is CCC(CC)CNCCC1CCNC1. The summed E-state index contributed by atoms with van der Waals surface area (Å²) in [5.74, 6) is 1.82. The number of nitrogens with one attached hydrogen (secondary N) is 2. The van der Waals surface area contributed by atoms with Crippen LogP contribution in [0, 0.1) is 11.8 Å². The van der Waals surface area contributed by atoms with Crippen molar-refractivity contribution in [2.75, 3.05) is 26.2 Å². The first-order valence-electron chi connectivity index (χ1n) is 6.28. The van der Waals surface area contributed by atoms with E-state index in [2.05, 4.69) is 24.5 Å². The Labute approximate surface area is 88.8 Å². The molecule has 0 bridgehead atoms. The van der Waals surface area contributed by atoms with Crippen LogP contribution in [0.3, 0.4) is 0 Å². The second kappa shape index (κ2) is 7.24. The third-order valence-electron chi connectivity index (χ3n) is 3.48. The molecule has 1 heterocycles. The van der Waals surface area contributed by atoms with Gasteiger partial charge in [0.2, 0.25) is 0 Å². The second-order valence-electron chi connectivity index (χ2n) is 4.53. The van der Waals surface area contributed by atoms with Crippen LogP contribution in [0.15, 0.2) is 0 Å². The van der Waals surface area contributed by atoms with Gasteiger partial charge in [0.25, 0.3) is 0 Å². The molecule has 0 saturated carbocycles. The van der Waals surface area contributed by atoms with Gasteiger partial charge in [0.15, 0.2) is 0 Å². The molecule has 1 aliphatic rings. The van der Waals surface area contributed by atoms with Crippen molar-refractivity contribution in [3.8, 4) is 0 Å². The Kier molecular flexibility index (Phi) is 6.20. The largest absolute Gasteiger partial charge is 0.316 e. The third-order valence-corrected chi connectivity index (χ3v) is 3.48. The van der Waals surface area contributed by atoms with Crippen LogP contribution in [0.4, 0.5) is 0 Å². The van der Waals surface area contributed by atoms with Crippen LogP contribution in [0.5, 0.6) is 0 Å². The highest BCUT2D eigenvalue weighted by Gasteiger charge is 2.13. The molecule has 1 atom stereocenters. The van der Waals surface area contributed by atoms with Crippen LogP contribution in [-0.2, 0) is 0 Å². The van der Waals surface area contributed by atoms with Crippen LogP contribution in [0.25, 0.3) is 0 Å². The van der Waals surface area contributed by atoms with Crippen LogP contribution in [-0.4, -0.2) is 26.2 Å². The summed E-state index contributed by atoms with van der Waals surface area (Å²) in [6.45, 7) is 9.48. The van der Waals surface area contributed by atoms with Crippen LogP contribution < -0.4 is 10.6 Å². The average molecular weight is 198 g/mol. The predicted molar refractivity (Wildman–Crippen MR) is 62.5 cm³/mol. The van der Waals surface area contributed by atoms with Gasteiger partial charge in [-0.1, -0.05) is 26.7 Å². The van der Waals surface area contributed by atoms with Crippen LogP contribution >= 0.6 is 0 Å². The lowest BCUT2D eigenvalue weighted by Gasteiger charge is -2.14. The summed E-state index contributed by atoms with van der Waals surface area (Å²) in [5.41, 5.74) is 0. The Morgan fingerprint density at radius 2 is 2.14 bits per heavy atom. The molecule has 0 spiro atoms. The van der Waals surface area contributed by atoms with Gasteiger partial charge < -0.3 is 10.6 Å². The van der Waals surface area contributed by atoms with Gasteiger partial charge in [-0.25, -0.2) is 0 Å². The van der Waals surface area contributed by atoms with Crippen molar-refractivity contribution < 1.29 is 0 Å². The molecule has 0 radical (unpaired) electrons. The van der Waals surface area contributed by atoms with Crippen LogP contribution in [0.2, 0.25) is 0 Å². The van der Waals surface area contributed by atoms with Crippen molar-refractivity contribution in [2.24, 2.45) is 11.8 Å². The molecule has 1 unspecified atom stereocenters. The average Bonchev–Trinajstić information content (AvgIpc) is 2.71. The third kappa shape index (κ3) is 4.43. The molecule has 2 nitrogen and oxygen atoms in total. The summed E-state index contributed by atoms with van der Waals surface area (Å²) in [7, 11) is 0. The fourth-order valence-corrected chi connectivity index (χ4v) is 2.15. The molecule has 2 N–H and O–H groups in total. The fraction of sp³-hybridized carbons (Fsp3) is 1.00. The maximum atomic E-state index is 3.59. The van der Waals surface area contributed by atoms with Crippen molar-refractivity contribution in [2.45, 2.75) is 39.5 Å². The van der Waals surface area contributed by atoms with E-state index in [4.69, 9.17) is 0 Å². The summed E-state index contributed by atoms with van der Waals surface area (Å²) >= 11 is 0. The Morgan fingerprint density at radius 1 is 1.36 bits per heavy atom. The van der Waals surface area contributed by atoms with Gasteiger partial charge in [-0.05, 0) is 50.9 Å². The maximum Gasteiger partial charge on any atom is -0.00196 e. The minimum atomic E-state index is 0.886. The molecule has 2 heteroatoms. The van der Waals surface area contributed by atoms with E-state index < -0.39 is 0 Å². The first kappa shape index (κ1) is 12.0. The summed E-state index contributed by atoms with van der Waals surface area (Å²) in [4.78, 5) is 0. The number of rotatable bonds is 7. The standard InChI is InChI=1S/C12H26N2/c1-3-11(4-2)9-13-7-5-12-6-8-14-10-12/h11-14H,3-10H2,1-2H3. The molecular formula is C12H26N2. The van der Waals surface area contributed by atoms with Crippen molar-refractivity contribution in [1.29, 1.82) is 0 Å². The maximum absolute atomic E-state index is 3.59. The van der Waals surface area contributed by atoms with E-state index in [0.29, 0.717) is 0 Å². The highest BCUT2D eigenvalue weighted by Crippen LogP contribution is 2.11. The summed E-state index contributed by atoms with van der Waals surface area (Å²) in [5, 5.41) is 7.00. The second-order valence-corrected chi connectivity index (χ2v) is 4.53. The topological polar surface area (TPSA) is 24.1 Å². The van der Waals surface area contributed by atoms with Gasteiger partial charge >= 0.3 is 0 Å². The molecule has 1 rings (SSSR count). The molecule has 0 amide bonds. The number of hydrogen-bond acceptors (Lipinski definition) is 2. The zero-order chi connectivity index (χ0) is 10.2. The Balaban J connectivity index is 1.92. The first-order chi connectivity index (χ1) is 6.86. The monoisotopic (exact) mass is 198 g/mol. The van der Waals surface area contributed by atoms with Crippen molar-refractivity contribution in [3.05, 3.63) is 0 Å². The van der Waals surface area contributed by atoms with Gasteiger partial charge in [0.05, 0.1) is 0 Å². The lowest BCUT2D eigenvalue weighted by atomic mass is 10.0. The van der Waals surface area contributed by atoms with Gasteiger partial charge in [-0.3, -0.25) is 0 Å². The highest BCUT2D eigenvalue weighted by atomic mass is 14.9. The molecule has 0 aliphatic carbocycles. The Hall–Kier alpha value is -0.0800. The van der Waals surface area contributed by atoms with Crippen LogP contribution in [0.1, 0.15) is 39.5 Å². The van der Waals surface area contributed by atoms with Crippen molar-refractivity contribution >= 4 is 0 Å². The molecule has 14 heavy (non-hydrogen) atoms. The molecule has 0 aromatic rings. The van der Waals surface area contributed by atoms with Gasteiger partial charge in [0.1, 0.15) is 0 Å². The van der Waals surface area contributed by atoms with E-state index in [0.717, 1.165) is 11.8 Å². The minimum absolute atomic E-state index is 0.886. The van der Waals surface area contributed by atoms with Gasteiger partial charge in [-0.2, -0.15) is 0 Å². The molecule has 0 aromatic carbocycles. The molecular weight excluding hydrogens is 172 g/mol. The lowest BCUT2D eigenvalue weighted by Crippen LogP contribution is -2.25. The van der Waals surface area contributed by atoms with E-state index in [1.165, 1.54) is 51.9 Å². The smallest absolute Gasteiger partial charge is 0.00196 e. The molecule has 1 aliphatic heterocycles. The van der Waals surface area contributed by atoms with Gasteiger partial charge in [-0.15, -0.1) is 0 Å². The Morgan fingerprint density at radius 3 is 2.71 bits per heavy atom. The van der Waals surface area contributed by atoms with Crippen molar-refractivity contribution in [1.82, 2.24) is 10.6 Å². The normalized spacial score (nSPS) is 22.1. The first-order valence-corrected chi connectivity index (χ1v) is 6.28. The quantitative estimate of drug-likeness (QED) is 0.612. The zero-order valence-electron chi connectivity index (χ0n) is 9.81. The molecule has 1 saturated heterocycles. The fourth-order valence-electron chi connectivity index (χ4n) is 2.15. The lowest BCUT2D eigenvalue weighted by molar-refractivity contribution is 0.427. The molecule has 0 aromatic heterocycles. The van der Waals surface area contributed by atoms with E-state index in [1.54, 1.807) is 0 Å². The van der Waals surface area contributed by atoms with Gasteiger partial charge in [0, 0.05) is 0 Å². The van der Waals surface area contributed by atoms with Crippen molar-refractivity contribution in [3.63, 3.8) is 0 Å². The summed E-state index contributed by atoms with van der Waals surface area (Å²) < 4.78 is 0. The number of hydrogen-bond donors (Lipinski definition) is 2. The predicted octanol–water partition coefficient (Wildman–Crippen LogP) is 2.01. The van der Waals surface area contributed by atoms with E-state index in [1.807, 2.05) is 0 Å². The molecule has 1 fully saturated rings.